The minimum Gasteiger partial charge on any atom is -0.436 e. The molecule has 9 nitrogen and oxygen atoms in total. The number of halogens is 1. The van der Waals surface area contributed by atoms with Crippen molar-refractivity contribution in [3.8, 4) is 0 Å². The molecule has 0 aliphatic heterocycles. The van der Waals surface area contributed by atoms with Crippen LogP contribution in [-0.2, 0) is 20.0 Å². The molecule has 0 radical (unpaired) electrons. The monoisotopic (exact) mass is 401 g/mol. The third-order valence-electron chi connectivity index (χ3n) is 4.30. The van der Waals surface area contributed by atoms with Crippen molar-refractivity contribution in [1.29, 1.82) is 0 Å². The molecule has 0 bridgehead atoms. The topological polar surface area (TPSA) is 107 Å². The number of fused-ring (bicyclic) bond motifs is 3. The third kappa shape index (κ3) is 2.64. The van der Waals surface area contributed by atoms with Crippen molar-refractivity contribution in [2.45, 2.75) is 13.0 Å². The van der Waals surface area contributed by atoms with Crippen LogP contribution in [0.5, 0.6) is 0 Å². The Kier molecular flexibility index (Phi) is 3.62. The number of nitrogens with one attached hydrogen (secondary N) is 1. The fourth-order valence-corrected chi connectivity index (χ4v) is 4.35. The van der Waals surface area contributed by atoms with Crippen LogP contribution >= 0.6 is 22.9 Å². The van der Waals surface area contributed by atoms with Gasteiger partial charge in [-0.05, 0) is 17.7 Å². The number of rotatable bonds is 4. The smallest absolute Gasteiger partial charge is 0.292 e. The number of aromatic amines is 1. The second kappa shape index (κ2) is 6.03. The second-order valence-corrected chi connectivity index (χ2v) is 7.43. The summed E-state index contributed by atoms with van der Waals surface area (Å²) in [5, 5.41) is 13.0. The van der Waals surface area contributed by atoms with E-state index in [1.54, 1.807) is 23.7 Å². The second-order valence-electron chi connectivity index (χ2n) is 6.02. The number of nitrogens with zero attached hydrogens (tertiary/aromatic N) is 6. The summed E-state index contributed by atoms with van der Waals surface area (Å²) in [5.41, 5.74) is 2.56. The van der Waals surface area contributed by atoms with Crippen molar-refractivity contribution in [3.05, 3.63) is 56.8 Å². The van der Waals surface area contributed by atoms with Crippen LogP contribution in [0.1, 0.15) is 16.4 Å². The predicted octanol–water partition coefficient (Wildman–Crippen LogP) is 2.35. The van der Waals surface area contributed by atoms with Crippen LogP contribution < -0.4 is 5.56 Å². The zero-order chi connectivity index (χ0) is 18.5. The molecule has 0 saturated heterocycles. The molecule has 0 saturated carbocycles. The van der Waals surface area contributed by atoms with E-state index in [4.69, 9.17) is 16.0 Å². The summed E-state index contributed by atoms with van der Waals surface area (Å²) in [4.78, 5) is 21.6. The van der Waals surface area contributed by atoms with Crippen molar-refractivity contribution >= 4 is 44.2 Å². The van der Waals surface area contributed by atoms with Gasteiger partial charge in [0.15, 0.2) is 5.65 Å². The average Bonchev–Trinajstić information content (AvgIpc) is 3.40. The van der Waals surface area contributed by atoms with Crippen molar-refractivity contribution in [2.24, 2.45) is 7.05 Å². The zero-order valence-corrected chi connectivity index (χ0v) is 15.6. The van der Waals surface area contributed by atoms with Crippen LogP contribution in [0.3, 0.4) is 0 Å². The maximum absolute atomic E-state index is 12.9. The van der Waals surface area contributed by atoms with Gasteiger partial charge in [0.1, 0.15) is 22.5 Å². The number of H-pyrrole nitrogens is 1. The molecule has 0 aromatic carbocycles. The minimum atomic E-state index is -0.215. The Balaban J connectivity index is 1.60. The molecule has 0 unspecified atom stereocenters. The minimum absolute atomic E-state index is 0.0344. The molecule has 5 heterocycles. The molecule has 0 fully saturated rings. The molecule has 11 heteroatoms. The lowest BCUT2D eigenvalue weighted by molar-refractivity contribution is 0.555. The highest BCUT2D eigenvalue weighted by Crippen LogP contribution is 2.31. The Bertz CT molecular complexity index is 1330. The number of thiazole rings is 1. The molecule has 0 aliphatic carbocycles. The van der Waals surface area contributed by atoms with Gasteiger partial charge in [0.2, 0.25) is 0 Å². The van der Waals surface area contributed by atoms with Crippen molar-refractivity contribution in [1.82, 2.24) is 34.5 Å². The number of hydrogen-bond donors (Lipinski definition) is 1. The maximum Gasteiger partial charge on any atom is 0.292 e. The summed E-state index contributed by atoms with van der Waals surface area (Å²) in [6.45, 7) is 0.182. The Labute approximate surface area is 160 Å². The van der Waals surface area contributed by atoms with E-state index in [-0.39, 0.29) is 17.5 Å². The number of hydrogen-bond acceptors (Lipinski definition) is 7. The van der Waals surface area contributed by atoms with Crippen LogP contribution in [0.2, 0.25) is 5.35 Å². The quantitative estimate of drug-likeness (QED) is 0.495. The van der Waals surface area contributed by atoms with Crippen LogP contribution in [0.15, 0.2) is 33.9 Å². The molecule has 5 aromatic heterocycles. The van der Waals surface area contributed by atoms with Gasteiger partial charge in [-0.15, -0.1) is 11.3 Å². The third-order valence-corrected chi connectivity index (χ3v) is 5.55. The summed E-state index contributed by atoms with van der Waals surface area (Å²) < 4.78 is 9.06. The van der Waals surface area contributed by atoms with Crippen molar-refractivity contribution < 1.29 is 4.42 Å². The van der Waals surface area contributed by atoms with Gasteiger partial charge in [0.25, 0.3) is 10.9 Å². The molecule has 0 atom stereocenters. The molecule has 1 N–H and O–H groups in total. The van der Waals surface area contributed by atoms with Gasteiger partial charge < -0.3 is 8.98 Å². The van der Waals surface area contributed by atoms with Crippen LogP contribution in [0, 0.1) is 0 Å². The van der Waals surface area contributed by atoms with Gasteiger partial charge in [-0.1, -0.05) is 0 Å². The van der Waals surface area contributed by atoms with E-state index < -0.39 is 0 Å². The van der Waals surface area contributed by atoms with Crippen LogP contribution in [0.4, 0.5) is 0 Å². The lowest BCUT2D eigenvalue weighted by Gasteiger charge is -2.03. The molecular weight excluding hydrogens is 390 g/mol. The van der Waals surface area contributed by atoms with E-state index in [2.05, 4.69) is 25.3 Å². The Morgan fingerprint density at radius 2 is 2.22 bits per heavy atom. The summed E-state index contributed by atoms with van der Waals surface area (Å²) in [5.74, 6) is 0. The number of aromatic nitrogens is 7. The first kappa shape index (κ1) is 16.2. The van der Waals surface area contributed by atoms with E-state index in [1.807, 2.05) is 17.7 Å². The molecule has 0 amide bonds. The van der Waals surface area contributed by atoms with Gasteiger partial charge in [-0.25, -0.2) is 14.6 Å². The fourth-order valence-electron chi connectivity index (χ4n) is 3.07. The predicted molar refractivity (Wildman–Crippen MR) is 100 cm³/mol. The van der Waals surface area contributed by atoms with Crippen molar-refractivity contribution in [3.63, 3.8) is 0 Å². The number of oxazole rings is 1. The van der Waals surface area contributed by atoms with Gasteiger partial charge in [-0.2, -0.15) is 10.2 Å². The van der Waals surface area contributed by atoms with E-state index in [9.17, 15) is 4.79 Å². The van der Waals surface area contributed by atoms with Gasteiger partial charge in [0.05, 0.1) is 23.1 Å². The van der Waals surface area contributed by atoms with Gasteiger partial charge in [0, 0.05) is 25.1 Å². The molecule has 5 rings (SSSR count). The van der Waals surface area contributed by atoms with Gasteiger partial charge in [-0.3, -0.25) is 9.89 Å². The fraction of sp³-hybridized carbons (Fsp3) is 0.188. The van der Waals surface area contributed by atoms with E-state index >= 15 is 0 Å². The first-order valence-corrected chi connectivity index (χ1v) is 9.22. The highest BCUT2D eigenvalue weighted by atomic mass is 35.5. The first-order valence-electron chi connectivity index (χ1n) is 8.02. The largest absolute Gasteiger partial charge is 0.436 e. The molecule has 27 heavy (non-hydrogen) atoms. The summed E-state index contributed by atoms with van der Waals surface area (Å²) >= 11 is 7.24. The SMILES string of the molecule is Cn1c2nc(Cc3cc[nH]n3)sc2c2cnn(Cc3coc(Cl)n3)c(=O)c21. The summed E-state index contributed by atoms with van der Waals surface area (Å²) in [7, 11) is 1.83. The van der Waals surface area contributed by atoms with Gasteiger partial charge >= 0.3 is 0 Å². The van der Waals surface area contributed by atoms with Crippen molar-refractivity contribution in [2.75, 3.05) is 0 Å². The van der Waals surface area contributed by atoms with E-state index in [1.165, 1.54) is 10.9 Å². The molecule has 0 spiro atoms. The first-order chi connectivity index (χ1) is 13.1. The van der Waals surface area contributed by atoms with E-state index in [0.29, 0.717) is 17.6 Å². The lowest BCUT2D eigenvalue weighted by atomic mass is 10.3. The Hall–Kier alpha value is -2.98. The maximum atomic E-state index is 12.9. The normalized spacial score (nSPS) is 11.8. The summed E-state index contributed by atoms with van der Waals surface area (Å²) in [6.07, 6.45) is 5.53. The Morgan fingerprint density at radius 3 is 2.96 bits per heavy atom. The highest BCUT2D eigenvalue weighted by molar-refractivity contribution is 7.19. The van der Waals surface area contributed by atoms with Crippen LogP contribution in [-0.4, -0.2) is 34.5 Å². The molecular formula is C16H12ClN7O2S. The van der Waals surface area contributed by atoms with E-state index in [0.717, 1.165) is 26.4 Å². The summed E-state index contributed by atoms with van der Waals surface area (Å²) in [6, 6.07) is 1.92. The number of aryl methyl sites for hydroxylation is 1. The zero-order valence-electron chi connectivity index (χ0n) is 14.0. The van der Waals surface area contributed by atoms with Crippen LogP contribution in [0.25, 0.3) is 21.3 Å². The Morgan fingerprint density at radius 1 is 1.33 bits per heavy atom. The highest BCUT2D eigenvalue weighted by Gasteiger charge is 2.19. The molecule has 5 aromatic rings. The lowest BCUT2D eigenvalue weighted by Crippen LogP contribution is -2.24. The molecule has 0 aliphatic rings. The molecule has 136 valence electrons. The standard InChI is InChI=1S/C16H12ClN7O2S/c1-23-12-10(5-19-24(15(12)25)6-9-7-26-16(17)20-9)13-14(23)21-11(27-13)4-8-2-3-18-22-8/h2-3,5,7H,4,6H2,1H3,(H,18,22). The average molecular weight is 402 g/mol.